The summed E-state index contributed by atoms with van der Waals surface area (Å²) in [4.78, 5) is 29.4. The third kappa shape index (κ3) is 7.82. The number of carbonyl (C=O) groups excluding carboxylic acids is 2. The molecule has 0 aromatic heterocycles. The van der Waals surface area contributed by atoms with Crippen LogP contribution in [0.2, 0.25) is 10.0 Å². The van der Waals surface area contributed by atoms with Gasteiger partial charge in [-0.2, -0.15) is 0 Å². The van der Waals surface area contributed by atoms with E-state index < -0.39 is 28.5 Å². The molecule has 0 radical (unpaired) electrons. The number of halogens is 2. The van der Waals surface area contributed by atoms with Gasteiger partial charge in [0.05, 0.1) is 27.7 Å². The van der Waals surface area contributed by atoms with E-state index in [9.17, 15) is 18.0 Å². The van der Waals surface area contributed by atoms with Crippen LogP contribution in [0.4, 0.5) is 5.69 Å². The molecule has 8 nitrogen and oxygen atoms in total. The zero-order chi connectivity index (χ0) is 31.1. The maximum absolute atomic E-state index is 14.3. The van der Waals surface area contributed by atoms with Gasteiger partial charge in [0.2, 0.25) is 11.8 Å². The van der Waals surface area contributed by atoms with Gasteiger partial charge in [0.25, 0.3) is 10.0 Å². The highest BCUT2D eigenvalue weighted by molar-refractivity contribution is 7.92. The molecule has 4 rings (SSSR count). The Morgan fingerprint density at radius 1 is 1.00 bits per heavy atom. The van der Waals surface area contributed by atoms with Crippen LogP contribution in [0.25, 0.3) is 0 Å². The van der Waals surface area contributed by atoms with Crippen molar-refractivity contribution in [2.24, 2.45) is 0 Å². The topological polar surface area (TPSA) is 96.0 Å². The van der Waals surface area contributed by atoms with Crippen molar-refractivity contribution in [2.45, 2.75) is 69.5 Å². The van der Waals surface area contributed by atoms with Gasteiger partial charge in [-0.1, -0.05) is 73.3 Å². The number of anilines is 1. The van der Waals surface area contributed by atoms with Gasteiger partial charge >= 0.3 is 0 Å². The van der Waals surface area contributed by atoms with Crippen LogP contribution in [0.1, 0.15) is 50.2 Å². The van der Waals surface area contributed by atoms with Crippen molar-refractivity contribution in [1.82, 2.24) is 10.2 Å². The number of amides is 2. The summed E-state index contributed by atoms with van der Waals surface area (Å²) in [6.45, 7) is 3.12. The van der Waals surface area contributed by atoms with Gasteiger partial charge < -0.3 is 15.0 Å². The van der Waals surface area contributed by atoms with Crippen LogP contribution in [0, 0.1) is 6.92 Å². The Kier molecular flexibility index (Phi) is 11.0. The molecule has 0 aliphatic heterocycles. The fourth-order valence-corrected chi connectivity index (χ4v) is 7.11. The van der Waals surface area contributed by atoms with Gasteiger partial charge in [-0.05, 0) is 73.7 Å². The lowest BCUT2D eigenvalue weighted by molar-refractivity contribution is -0.140. The molecule has 3 aromatic carbocycles. The summed E-state index contributed by atoms with van der Waals surface area (Å²) in [5.41, 5.74) is 1.66. The van der Waals surface area contributed by atoms with Crippen molar-refractivity contribution >= 4 is 50.7 Å². The molecule has 43 heavy (non-hydrogen) atoms. The maximum Gasteiger partial charge on any atom is 0.264 e. The molecule has 0 saturated heterocycles. The first kappa shape index (κ1) is 32.6. The summed E-state index contributed by atoms with van der Waals surface area (Å²) >= 11 is 12.4. The van der Waals surface area contributed by atoms with Crippen molar-refractivity contribution in [3.8, 4) is 5.75 Å². The Morgan fingerprint density at radius 2 is 1.70 bits per heavy atom. The van der Waals surface area contributed by atoms with E-state index >= 15 is 0 Å². The van der Waals surface area contributed by atoms with E-state index in [-0.39, 0.29) is 29.1 Å². The third-order valence-corrected chi connectivity index (χ3v) is 10.2. The van der Waals surface area contributed by atoms with Crippen LogP contribution in [0.3, 0.4) is 0 Å². The first-order valence-corrected chi connectivity index (χ1v) is 16.5. The Labute approximate surface area is 264 Å². The molecular weight excluding hydrogens is 609 g/mol. The summed E-state index contributed by atoms with van der Waals surface area (Å²) in [6.07, 6.45) is 4.18. The van der Waals surface area contributed by atoms with Crippen LogP contribution in [0.5, 0.6) is 5.75 Å². The molecule has 1 aliphatic rings. The van der Waals surface area contributed by atoms with Gasteiger partial charge in [0, 0.05) is 12.6 Å². The quantitative estimate of drug-likeness (QED) is 0.247. The van der Waals surface area contributed by atoms with E-state index in [1.54, 1.807) is 54.6 Å². The van der Waals surface area contributed by atoms with Crippen LogP contribution < -0.4 is 14.4 Å². The molecule has 0 unspecified atom stereocenters. The summed E-state index contributed by atoms with van der Waals surface area (Å²) < 4.78 is 34.8. The largest absolute Gasteiger partial charge is 0.495 e. The highest BCUT2D eigenvalue weighted by atomic mass is 35.5. The first-order chi connectivity index (χ1) is 20.5. The van der Waals surface area contributed by atoms with E-state index in [1.807, 2.05) is 13.8 Å². The number of rotatable bonds is 12. The average Bonchev–Trinajstić information content (AvgIpc) is 3.51. The molecule has 2 amide bonds. The van der Waals surface area contributed by atoms with E-state index in [0.717, 1.165) is 35.6 Å². The standard InChI is InChI=1S/C32H37Cl2N3O5S/c1-4-28(32(39)35-24-10-8-9-11-24)36(20-23-15-16-26(33)27(34)19-23)31(38)21-37(29-18-22(2)14-17-30(29)42-3)43(40,41)25-12-6-5-7-13-25/h5-7,12-19,24,28H,4,8-11,20-21H2,1-3H3,(H,35,39)/t28-/m0/s1. The number of benzene rings is 3. The molecule has 1 saturated carbocycles. The minimum Gasteiger partial charge on any atom is -0.495 e. The van der Waals surface area contributed by atoms with Crippen molar-refractivity contribution < 1.29 is 22.7 Å². The summed E-state index contributed by atoms with van der Waals surface area (Å²) in [7, 11) is -2.78. The van der Waals surface area contributed by atoms with E-state index in [2.05, 4.69) is 5.32 Å². The number of nitrogens with zero attached hydrogens (tertiary/aromatic N) is 2. The Hall–Kier alpha value is -3.27. The van der Waals surface area contributed by atoms with Crippen LogP contribution in [-0.4, -0.2) is 50.9 Å². The second-order valence-corrected chi connectivity index (χ2v) is 13.4. The van der Waals surface area contributed by atoms with Gasteiger partial charge in [-0.15, -0.1) is 0 Å². The van der Waals surface area contributed by atoms with Gasteiger partial charge in [-0.3, -0.25) is 13.9 Å². The molecule has 3 aromatic rings. The molecule has 1 fully saturated rings. The Bertz CT molecular complexity index is 1550. The Balaban J connectivity index is 1.77. The number of hydrogen-bond acceptors (Lipinski definition) is 5. The summed E-state index contributed by atoms with van der Waals surface area (Å²) in [6, 6.07) is 17.3. The third-order valence-electron chi connectivity index (χ3n) is 7.64. The number of aryl methyl sites for hydroxylation is 1. The van der Waals surface area contributed by atoms with Crippen molar-refractivity contribution in [1.29, 1.82) is 0 Å². The predicted octanol–water partition coefficient (Wildman–Crippen LogP) is 6.37. The Morgan fingerprint density at radius 3 is 2.33 bits per heavy atom. The fraction of sp³-hybridized carbons (Fsp3) is 0.375. The van der Waals surface area contributed by atoms with Crippen LogP contribution in [0.15, 0.2) is 71.6 Å². The lowest BCUT2D eigenvalue weighted by Gasteiger charge is -2.34. The number of ether oxygens (including phenoxy) is 1. The monoisotopic (exact) mass is 645 g/mol. The van der Waals surface area contributed by atoms with Crippen molar-refractivity contribution in [2.75, 3.05) is 18.0 Å². The van der Waals surface area contributed by atoms with Crippen molar-refractivity contribution in [3.63, 3.8) is 0 Å². The fourth-order valence-electron chi connectivity index (χ4n) is 5.35. The van der Waals surface area contributed by atoms with Gasteiger partial charge in [0.15, 0.2) is 0 Å². The molecule has 1 aliphatic carbocycles. The number of hydrogen-bond donors (Lipinski definition) is 1. The molecular formula is C32H37Cl2N3O5S. The van der Waals surface area contributed by atoms with E-state index in [1.165, 1.54) is 24.1 Å². The molecule has 0 spiro atoms. The van der Waals surface area contributed by atoms with E-state index in [0.29, 0.717) is 27.8 Å². The minimum atomic E-state index is -4.22. The predicted molar refractivity (Wildman–Crippen MR) is 170 cm³/mol. The normalized spacial score (nSPS) is 14.3. The molecule has 0 bridgehead atoms. The molecule has 1 atom stereocenters. The number of nitrogens with one attached hydrogen (secondary N) is 1. The molecule has 1 N–H and O–H groups in total. The summed E-state index contributed by atoms with van der Waals surface area (Å²) in [5, 5.41) is 3.78. The number of sulfonamides is 1. The minimum absolute atomic E-state index is 0.0217. The van der Waals surface area contributed by atoms with E-state index in [4.69, 9.17) is 27.9 Å². The van der Waals surface area contributed by atoms with Gasteiger partial charge in [0.1, 0.15) is 18.3 Å². The zero-order valence-corrected chi connectivity index (χ0v) is 26.9. The smallest absolute Gasteiger partial charge is 0.264 e. The van der Waals surface area contributed by atoms with Gasteiger partial charge in [-0.25, -0.2) is 8.42 Å². The van der Waals surface area contributed by atoms with Crippen molar-refractivity contribution in [3.05, 3.63) is 87.9 Å². The van der Waals surface area contributed by atoms with Crippen LogP contribution >= 0.6 is 23.2 Å². The number of methoxy groups -OCH3 is 1. The second-order valence-electron chi connectivity index (χ2n) is 10.7. The number of carbonyl (C=O) groups is 2. The SMILES string of the molecule is CC[C@@H](C(=O)NC1CCCC1)N(Cc1ccc(Cl)c(Cl)c1)C(=O)CN(c1cc(C)ccc1OC)S(=O)(=O)c1ccccc1. The molecule has 11 heteroatoms. The average molecular weight is 647 g/mol. The molecule has 0 heterocycles. The zero-order valence-electron chi connectivity index (χ0n) is 24.6. The molecule has 230 valence electrons. The van der Waals surface area contributed by atoms with Crippen LogP contribution in [-0.2, 0) is 26.2 Å². The maximum atomic E-state index is 14.3. The summed E-state index contributed by atoms with van der Waals surface area (Å²) in [5.74, 6) is -0.532. The second kappa shape index (κ2) is 14.5. The first-order valence-electron chi connectivity index (χ1n) is 14.3. The lowest BCUT2D eigenvalue weighted by atomic mass is 10.1. The highest BCUT2D eigenvalue weighted by Gasteiger charge is 2.35. The highest BCUT2D eigenvalue weighted by Crippen LogP contribution is 2.34. The lowest BCUT2D eigenvalue weighted by Crippen LogP contribution is -2.53.